The molecule has 1 rings (SSSR count). The summed E-state index contributed by atoms with van der Waals surface area (Å²) in [5.74, 6) is 0.728. The van der Waals surface area contributed by atoms with Gasteiger partial charge in [0.1, 0.15) is 0 Å². The van der Waals surface area contributed by atoms with E-state index in [-0.39, 0.29) is 5.41 Å². The molecular formula is C17H37N3O. The van der Waals surface area contributed by atoms with Crippen molar-refractivity contribution in [1.29, 1.82) is 0 Å². The van der Waals surface area contributed by atoms with E-state index in [1.807, 2.05) is 0 Å². The molecule has 1 unspecified atom stereocenters. The number of ether oxygens (including phenoxy) is 1. The second kappa shape index (κ2) is 9.09. The van der Waals surface area contributed by atoms with Crippen LogP contribution in [-0.2, 0) is 4.74 Å². The van der Waals surface area contributed by atoms with Gasteiger partial charge in [-0.25, -0.2) is 0 Å². The molecule has 1 aliphatic rings. The van der Waals surface area contributed by atoms with Crippen LogP contribution >= 0.6 is 0 Å². The number of nitrogens with zero attached hydrogens (tertiary/aromatic N) is 2. The van der Waals surface area contributed by atoms with Gasteiger partial charge in [0.15, 0.2) is 0 Å². The van der Waals surface area contributed by atoms with E-state index in [1.165, 1.54) is 13.0 Å². The minimum Gasteiger partial charge on any atom is -0.374 e. The van der Waals surface area contributed by atoms with Crippen LogP contribution in [0.3, 0.4) is 0 Å². The van der Waals surface area contributed by atoms with Crippen molar-refractivity contribution in [2.75, 3.05) is 52.4 Å². The van der Waals surface area contributed by atoms with Gasteiger partial charge in [0.25, 0.3) is 0 Å². The number of hydrogen-bond donors (Lipinski definition) is 1. The Hall–Kier alpha value is -0.160. The Bertz CT molecular complexity index is 281. The Kier molecular flexibility index (Phi) is 8.17. The molecule has 4 heteroatoms. The minimum absolute atomic E-state index is 0.182. The largest absolute Gasteiger partial charge is 0.374 e. The van der Waals surface area contributed by atoms with Crippen LogP contribution in [0.5, 0.6) is 0 Å². The number of hydrogen-bond acceptors (Lipinski definition) is 4. The lowest BCUT2D eigenvalue weighted by atomic mass is 9.93. The highest BCUT2D eigenvalue weighted by Crippen LogP contribution is 2.17. The van der Waals surface area contributed by atoms with E-state index in [0.717, 1.165) is 51.8 Å². The van der Waals surface area contributed by atoms with Gasteiger partial charge in [-0.2, -0.15) is 0 Å². The first-order valence-electron chi connectivity index (χ1n) is 8.62. The Morgan fingerprint density at radius 2 is 2.10 bits per heavy atom. The first kappa shape index (κ1) is 18.9. The summed E-state index contributed by atoms with van der Waals surface area (Å²) >= 11 is 0. The van der Waals surface area contributed by atoms with Crippen LogP contribution in [-0.4, -0.2) is 68.3 Å². The molecule has 1 fully saturated rings. The Balaban J connectivity index is 2.49. The maximum absolute atomic E-state index is 6.00. The molecule has 4 nitrogen and oxygen atoms in total. The Labute approximate surface area is 132 Å². The third kappa shape index (κ3) is 7.59. The van der Waals surface area contributed by atoms with Gasteiger partial charge in [0, 0.05) is 32.7 Å². The highest BCUT2D eigenvalue weighted by molar-refractivity contribution is 4.80. The van der Waals surface area contributed by atoms with E-state index in [2.05, 4.69) is 44.4 Å². The van der Waals surface area contributed by atoms with E-state index >= 15 is 0 Å². The molecule has 21 heavy (non-hydrogen) atoms. The van der Waals surface area contributed by atoms with E-state index in [4.69, 9.17) is 10.5 Å². The molecule has 0 aliphatic carbocycles. The molecular weight excluding hydrogens is 262 g/mol. The second-order valence-corrected chi connectivity index (χ2v) is 7.75. The summed E-state index contributed by atoms with van der Waals surface area (Å²) < 4.78 is 6.00. The van der Waals surface area contributed by atoms with Crippen LogP contribution in [0.2, 0.25) is 0 Å². The summed E-state index contributed by atoms with van der Waals surface area (Å²) in [6.45, 7) is 19.5. The van der Waals surface area contributed by atoms with Gasteiger partial charge < -0.3 is 15.4 Å². The number of morpholine rings is 1. The van der Waals surface area contributed by atoms with Crippen LogP contribution in [0.15, 0.2) is 0 Å². The summed E-state index contributed by atoms with van der Waals surface area (Å²) in [4.78, 5) is 5.09. The molecule has 0 radical (unpaired) electrons. The minimum atomic E-state index is 0.182. The fraction of sp³-hybridized carbons (Fsp3) is 1.00. The first-order valence-corrected chi connectivity index (χ1v) is 8.62. The maximum Gasteiger partial charge on any atom is 0.0829 e. The Morgan fingerprint density at radius 3 is 2.67 bits per heavy atom. The topological polar surface area (TPSA) is 41.7 Å². The van der Waals surface area contributed by atoms with Crippen molar-refractivity contribution < 1.29 is 4.74 Å². The zero-order valence-corrected chi connectivity index (χ0v) is 14.9. The normalized spacial score (nSPS) is 21.4. The average molecular weight is 300 g/mol. The molecule has 126 valence electrons. The van der Waals surface area contributed by atoms with Gasteiger partial charge in [-0.3, -0.25) is 4.90 Å². The van der Waals surface area contributed by atoms with Gasteiger partial charge in [-0.05, 0) is 30.8 Å². The van der Waals surface area contributed by atoms with Gasteiger partial charge in [0.05, 0.1) is 12.7 Å². The van der Waals surface area contributed by atoms with Crippen molar-refractivity contribution in [3.05, 3.63) is 0 Å². The quantitative estimate of drug-likeness (QED) is 0.707. The first-order chi connectivity index (χ1) is 9.86. The predicted molar refractivity (Wildman–Crippen MR) is 90.6 cm³/mol. The van der Waals surface area contributed by atoms with Crippen LogP contribution in [0.1, 0.15) is 41.0 Å². The lowest BCUT2D eigenvalue weighted by Crippen LogP contribution is -2.50. The zero-order valence-electron chi connectivity index (χ0n) is 14.9. The van der Waals surface area contributed by atoms with Crippen LogP contribution in [0, 0.1) is 11.3 Å². The third-order valence-corrected chi connectivity index (χ3v) is 4.05. The number of nitrogens with two attached hydrogens (primary N) is 1. The van der Waals surface area contributed by atoms with Crippen molar-refractivity contribution in [2.45, 2.75) is 47.1 Å². The van der Waals surface area contributed by atoms with Crippen LogP contribution in [0.4, 0.5) is 0 Å². The third-order valence-electron chi connectivity index (χ3n) is 4.05. The van der Waals surface area contributed by atoms with Crippen molar-refractivity contribution in [1.82, 2.24) is 9.80 Å². The molecule has 0 bridgehead atoms. The smallest absolute Gasteiger partial charge is 0.0829 e. The van der Waals surface area contributed by atoms with Crippen LogP contribution in [0.25, 0.3) is 0 Å². The van der Waals surface area contributed by atoms with Gasteiger partial charge in [0.2, 0.25) is 0 Å². The second-order valence-electron chi connectivity index (χ2n) is 7.75. The highest BCUT2D eigenvalue weighted by atomic mass is 16.5. The highest BCUT2D eigenvalue weighted by Gasteiger charge is 2.26. The number of rotatable bonds is 9. The maximum atomic E-state index is 6.00. The van der Waals surface area contributed by atoms with E-state index in [9.17, 15) is 0 Å². The molecule has 0 spiro atoms. The summed E-state index contributed by atoms with van der Waals surface area (Å²) in [6, 6.07) is 0. The van der Waals surface area contributed by atoms with Crippen molar-refractivity contribution in [3.63, 3.8) is 0 Å². The standard InChI is InChI=1S/C17H37N3O/c1-6-7-20(14-17(4,5)13-18)12-16-11-19(8-9-21-16)10-15(2)3/h15-16H,6-14,18H2,1-5H3. The monoisotopic (exact) mass is 299 g/mol. The zero-order chi connectivity index (χ0) is 15.9. The van der Waals surface area contributed by atoms with Gasteiger partial charge in [-0.1, -0.05) is 34.6 Å². The Morgan fingerprint density at radius 1 is 1.38 bits per heavy atom. The molecule has 1 atom stereocenters. The summed E-state index contributed by atoms with van der Waals surface area (Å²) in [5, 5.41) is 0. The van der Waals surface area contributed by atoms with Gasteiger partial charge in [-0.15, -0.1) is 0 Å². The molecule has 0 aromatic rings. The van der Waals surface area contributed by atoms with Crippen molar-refractivity contribution in [2.24, 2.45) is 17.1 Å². The van der Waals surface area contributed by atoms with Crippen molar-refractivity contribution >= 4 is 0 Å². The predicted octanol–water partition coefficient (Wildman–Crippen LogP) is 2.04. The fourth-order valence-electron chi connectivity index (χ4n) is 3.08. The molecule has 1 saturated heterocycles. The molecule has 2 N–H and O–H groups in total. The molecule has 0 saturated carbocycles. The van der Waals surface area contributed by atoms with Crippen molar-refractivity contribution in [3.8, 4) is 0 Å². The van der Waals surface area contributed by atoms with E-state index < -0.39 is 0 Å². The molecule has 0 aromatic carbocycles. The lowest BCUT2D eigenvalue weighted by molar-refractivity contribution is -0.0491. The molecule has 1 heterocycles. The molecule has 1 aliphatic heterocycles. The summed E-state index contributed by atoms with van der Waals surface area (Å²) in [6.07, 6.45) is 1.53. The van der Waals surface area contributed by atoms with Gasteiger partial charge >= 0.3 is 0 Å². The summed E-state index contributed by atoms with van der Waals surface area (Å²) in [7, 11) is 0. The van der Waals surface area contributed by atoms with E-state index in [1.54, 1.807) is 0 Å². The molecule has 0 aromatic heterocycles. The van der Waals surface area contributed by atoms with E-state index in [0.29, 0.717) is 6.10 Å². The van der Waals surface area contributed by atoms with Crippen LogP contribution < -0.4 is 5.73 Å². The molecule has 0 amide bonds. The average Bonchev–Trinajstić information content (AvgIpc) is 2.38. The fourth-order valence-corrected chi connectivity index (χ4v) is 3.08. The summed E-state index contributed by atoms with van der Waals surface area (Å²) in [5.41, 5.74) is 6.08. The SMILES string of the molecule is CCCN(CC1CN(CC(C)C)CCO1)CC(C)(C)CN. The lowest BCUT2D eigenvalue weighted by Gasteiger charge is -2.38.